The number of aliphatic hydroxyl groups excluding tert-OH is 1. The van der Waals surface area contributed by atoms with Crippen molar-refractivity contribution in [3.05, 3.63) is 58.7 Å². The van der Waals surface area contributed by atoms with Gasteiger partial charge in [0.25, 0.3) is 0 Å². The fraction of sp³-hybridized carbons (Fsp3) is 0.400. The number of carbonyl (C=O) groups excluding carboxylic acids is 1. The molecule has 1 saturated heterocycles. The van der Waals surface area contributed by atoms with Crippen molar-refractivity contribution in [1.82, 2.24) is 10.3 Å². The molecule has 2 N–H and O–H groups in total. The monoisotopic (exact) mass is 373 g/mol. The summed E-state index contributed by atoms with van der Waals surface area (Å²) in [6.07, 6.45) is 2.51. The lowest BCUT2D eigenvalue weighted by molar-refractivity contribution is -0.126. The zero-order chi connectivity index (χ0) is 18.5. The molecule has 1 aliphatic heterocycles. The van der Waals surface area contributed by atoms with Crippen molar-refractivity contribution in [2.24, 2.45) is 5.92 Å². The molecule has 0 aliphatic carbocycles. The predicted octanol–water partition coefficient (Wildman–Crippen LogP) is 3.11. The van der Waals surface area contributed by atoms with Crippen LogP contribution in [0, 0.1) is 12.8 Å². The smallest absolute Gasteiger partial charge is 0.223 e. The number of rotatable bonds is 5. The number of hydrogen-bond donors (Lipinski definition) is 2. The molecular weight excluding hydrogens is 350 g/mol. The Hall–Kier alpha value is -2.11. The van der Waals surface area contributed by atoms with E-state index in [0.29, 0.717) is 5.02 Å². The van der Waals surface area contributed by atoms with Gasteiger partial charge < -0.3 is 15.3 Å². The van der Waals surface area contributed by atoms with Crippen molar-refractivity contribution >= 4 is 23.3 Å². The van der Waals surface area contributed by atoms with E-state index in [4.69, 9.17) is 11.6 Å². The van der Waals surface area contributed by atoms with Gasteiger partial charge in [-0.1, -0.05) is 41.4 Å². The van der Waals surface area contributed by atoms with E-state index in [1.165, 1.54) is 0 Å². The Kier molecular flexibility index (Phi) is 6.12. The molecule has 0 bridgehead atoms. The second-order valence-electron chi connectivity index (χ2n) is 6.77. The SMILES string of the molecule is Cc1ccc(C(O)CNC(=O)C2CCN(c3ccc(Cl)cn3)CC2)cc1. The quantitative estimate of drug-likeness (QED) is 0.845. The maximum Gasteiger partial charge on any atom is 0.223 e. The van der Waals surface area contributed by atoms with Crippen molar-refractivity contribution in [3.8, 4) is 0 Å². The van der Waals surface area contributed by atoms with Crippen molar-refractivity contribution in [2.45, 2.75) is 25.9 Å². The highest BCUT2D eigenvalue weighted by Gasteiger charge is 2.25. The second kappa shape index (κ2) is 8.52. The van der Waals surface area contributed by atoms with E-state index in [1.54, 1.807) is 6.20 Å². The van der Waals surface area contributed by atoms with Crippen LogP contribution >= 0.6 is 11.6 Å². The molecule has 1 aromatic carbocycles. The van der Waals surface area contributed by atoms with Gasteiger partial charge >= 0.3 is 0 Å². The molecule has 0 saturated carbocycles. The minimum atomic E-state index is -0.682. The highest BCUT2D eigenvalue weighted by Crippen LogP contribution is 2.23. The average Bonchev–Trinajstić information content (AvgIpc) is 2.67. The summed E-state index contributed by atoms with van der Waals surface area (Å²) in [4.78, 5) is 18.9. The molecule has 5 nitrogen and oxygen atoms in total. The molecule has 1 unspecified atom stereocenters. The molecular formula is C20H24ClN3O2. The zero-order valence-electron chi connectivity index (χ0n) is 14.9. The molecule has 26 heavy (non-hydrogen) atoms. The van der Waals surface area contributed by atoms with Gasteiger partial charge in [-0.3, -0.25) is 4.79 Å². The standard InChI is InChI=1S/C20H24ClN3O2/c1-14-2-4-15(5-3-14)18(25)13-23-20(26)16-8-10-24(11-9-16)19-7-6-17(21)12-22-19/h2-7,12,16,18,25H,8-11,13H2,1H3,(H,23,26). The number of hydrogen-bond acceptors (Lipinski definition) is 4. The largest absolute Gasteiger partial charge is 0.387 e. The molecule has 3 rings (SSSR count). The third-order valence-electron chi connectivity index (χ3n) is 4.83. The fourth-order valence-corrected chi connectivity index (χ4v) is 3.29. The number of aliphatic hydroxyl groups is 1. The number of aromatic nitrogens is 1. The number of aryl methyl sites for hydroxylation is 1. The van der Waals surface area contributed by atoms with Crippen LogP contribution in [0.3, 0.4) is 0 Å². The summed E-state index contributed by atoms with van der Waals surface area (Å²) in [6, 6.07) is 11.4. The Morgan fingerprint density at radius 3 is 2.58 bits per heavy atom. The Balaban J connectivity index is 1.46. The summed E-state index contributed by atoms with van der Waals surface area (Å²) in [5.41, 5.74) is 1.96. The van der Waals surface area contributed by atoms with Gasteiger partial charge in [0, 0.05) is 31.7 Å². The topological polar surface area (TPSA) is 65.5 Å². The maximum absolute atomic E-state index is 12.4. The van der Waals surface area contributed by atoms with E-state index in [-0.39, 0.29) is 18.4 Å². The molecule has 6 heteroatoms. The number of benzene rings is 1. The lowest BCUT2D eigenvalue weighted by atomic mass is 9.95. The van der Waals surface area contributed by atoms with Gasteiger partial charge in [-0.05, 0) is 37.5 Å². The highest BCUT2D eigenvalue weighted by atomic mass is 35.5. The van der Waals surface area contributed by atoms with E-state index in [2.05, 4.69) is 15.2 Å². The summed E-state index contributed by atoms with van der Waals surface area (Å²) in [6.45, 7) is 3.81. The average molecular weight is 374 g/mol. The third kappa shape index (κ3) is 4.74. The lowest BCUT2D eigenvalue weighted by Gasteiger charge is -2.32. The van der Waals surface area contributed by atoms with Gasteiger partial charge in [-0.25, -0.2) is 4.98 Å². The molecule has 1 fully saturated rings. The van der Waals surface area contributed by atoms with Crippen LogP contribution in [0.2, 0.25) is 5.02 Å². The molecule has 1 amide bonds. The minimum absolute atomic E-state index is 0.0138. The maximum atomic E-state index is 12.4. The first-order chi connectivity index (χ1) is 12.5. The summed E-state index contributed by atoms with van der Waals surface area (Å²) >= 11 is 5.87. The van der Waals surface area contributed by atoms with Gasteiger partial charge in [0.2, 0.25) is 5.91 Å². The van der Waals surface area contributed by atoms with Crippen molar-refractivity contribution in [3.63, 3.8) is 0 Å². The van der Waals surface area contributed by atoms with Crippen molar-refractivity contribution in [2.75, 3.05) is 24.5 Å². The first-order valence-electron chi connectivity index (χ1n) is 8.92. The summed E-state index contributed by atoms with van der Waals surface area (Å²) in [5.74, 6) is 0.881. The van der Waals surface area contributed by atoms with Crippen LogP contribution in [-0.2, 0) is 4.79 Å². The Bertz CT molecular complexity index is 726. The number of anilines is 1. The number of carbonyl (C=O) groups is 1. The molecule has 1 atom stereocenters. The van der Waals surface area contributed by atoms with E-state index < -0.39 is 6.10 Å². The molecule has 1 aromatic heterocycles. The number of pyridine rings is 1. The van der Waals surface area contributed by atoms with Crippen LogP contribution in [0.15, 0.2) is 42.6 Å². The number of amides is 1. The molecule has 0 spiro atoms. The Morgan fingerprint density at radius 1 is 1.27 bits per heavy atom. The summed E-state index contributed by atoms with van der Waals surface area (Å²) in [5, 5.41) is 13.7. The zero-order valence-corrected chi connectivity index (χ0v) is 15.6. The van der Waals surface area contributed by atoms with E-state index >= 15 is 0 Å². The van der Waals surface area contributed by atoms with Gasteiger partial charge in [0.05, 0.1) is 11.1 Å². The number of nitrogens with one attached hydrogen (secondary N) is 1. The van der Waals surface area contributed by atoms with Crippen LogP contribution < -0.4 is 10.2 Å². The van der Waals surface area contributed by atoms with Gasteiger partial charge in [-0.2, -0.15) is 0 Å². The van der Waals surface area contributed by atoms with Crippen LogP contribution in [-0.4, -0.2) is 35.6 Å². The van der Waals surface area contributed by atoms with Gasteiger partial charge in [-0.15, -0.1) is 0 Å². The first-order valence-corrected chi connectivity index (χ1v) is 9.29. The molecule has 138 valence electrons. The predicted molar refractivity (Wildman–Crippen MR) is 103 cm³/mol. The highest BCUT2D eigenvalue weighted by molar-refractivity contribution is 6.30. The summed E-state index contributed by atoms with van der Waals surface area (Å²) in [7, 11) is 0. The van der Waals surface area contributed by atoms with E-state index in [9.17, 15) is 9.90 Å². The van der Waals surface area contributed by atoms with Gasteiger partial charge in [0.15, 0.2) is 0 Å². The molecule has 2 aromatic rings. The van der Waals surface area contributed by atoms with Crippen LogP contribution in [0.4, 0.5) is 5.82 Å². The normalized spacial score (nSPS) is 16.3. The molecule has 1 aliphatic rings. The minimum Gasteiger partial charge on any atom is -0.387 e. The van der Waals surface area contributed by atoms with E-state index in [1.807, 2.05) is 43.3 Å². The number of piperidine rings is 1. The molecule has 2 heterocycles. The summed E-state index contributed by atoms with van der Waals surface area (Å²) < 4.78 is 0. The van der Waals surface area contributed by atoms with Crippen LogP contribution in [0.25, 0.3) is 0 Å². The first kappa shape index (κ1) is 18.7. The fourth-order valence-electron chi connectivity index (χ4n) is 3.17. The third-order valence-corrected chi connectivity index (χ3v) is 5.06. The van der Waals surface area contributed by atoms with Crippen molar-refractivity contribution < 1.29 is 9.90 Å². The number of nitrogens with zero attached hydrogens (tertiary/aromatic N) is 2. The molecule has 0 radical (unpaired) electrons. The van der Waals surface area contributed by atoms with E-state index in [0.717, 1.165) is 42.9 Å². The Labute approximate surface area is 159 Å². The number of halogens is 1. The van der Waals surface area contributed by atoms with Gasteiger partial charge in [0.1, 0.15) is 5.82 Å². The second-order valence-corrected chi connectivity index (χ2v) is 7.20. The van der Waals surface area contributed by atoms with Crippen molar-refractivity contribution in [1.29, 1.82) is 0 Å². The van der Waals surface area contributed by atoms with Crippen LogP contribution in [0.1, 0.15) is 30.1 Å². The Morgan fingerprint density at radius 2 is 1.96 bits per heavy atom. The van der Waals surface area contributed by atoms with Crippen LogP contribution in [0.5, 0.6) is 0 Å². The lowest BCUT2D eigenvalue weighted by Crippen LogP contribution is -2.41.